The molecule has 0 aromatic carbocycles. The highest BCUT2D eigenvalue weighted by molar-refractivity contribution is 7.91. The van der Waals surface area contributed by atoms with Crippen molar-refractivity contribution in [1.29, 1.82) is 0 Å². The summed E-state index contributed by atoms with van der Waals surface area (Å²) in [7, 11) is -2.87. The second-order valence-electron chi connectivity index (χ2n) is 5.42. The Bertz CT molecular complexity index is 388. The maximum Gasteiger partial charge on any atom is 0.220 e. The van der Waals surface area contributed by atoms with Crippen LogP contribution in [0, 0.1) is 5.92 Å². The average molecular weight is 274 g/mol. The summed E-state index contributed by atoms with van der Waals surface area (Å²) in [5.74, 6) is 0.441. The first kappa shape index (κ1) is 13.8. The smallest absolute Gasteiger partial charge is 0.220 e. The molecular formula is C12H22N2O3S. The largest absolute Gasteiger partial charge is 0.355 e. The van der Waals surface area contributed by atoms with Crippen LogP contribution in [0.25, 0.3) is 0 Å². The molecule has 6 heteroatoms. The molecule has 2 unspecified atom stereocenters. The van der Waals surface area contributed by atoms with Crippen molar-refractivity contribution in [1.82, 2.24) is 10.6 Å². The van der Waals surface area contributed by atoms with Gasteiger partial charge in [0.25, 0.3) is 0 Å². The van der Waals surface area contributed by atoms with Gasteiger partial charge in [-0.25, -0.2) is 8.42 Å². The van der Waals surface area contributed by atoms with Gasteiger partial charge in [-0.05, 0) is 31.7 Å². The van der Waals surface area contributed by atoms with Crippen LogP contribution in [0.15, 0.2) is 0 Å². The van der Waals surface area contributed by atoms with E-state index >= 15 is 0 Å². The zero-order chi connectivity index (χ0) is 13.0. The van der Waals surface area contributed by atoms with Crippen LogP contribution in [0.3, 0.4) is 0 Å². The van der Waals surface area contributed by atoms with Crippen LogP contribution < -0.4 is 10.6 Å². The van der Waals surface area contributed by atoms with E-state index in [0.717, 1.165) is 13.0 Å². The first-order valence-corrected chi connectivity index (χ1v) is 8.58. The molecule has 0 saturated carbocycles. The van der Waals surface area contributed by atoms with Crippen LogP contribution in [-0.4, -0.2) is 45.0 Å². The number of carbonyl (C=O) groups excluding carboxylic acids is 1. The summed E-state index contributed by atoms with van der Waals surface area (Å²) in [6, 6.07) is 0.384. The van der Waals surface area contributed by atoms with E-state index in [1.165, 1.54) is 12.8 Å². The van der Waals surface area contributed by atoms with Crippen LogP contribution in [0.2, 0.25) is 0 Å². The van der Waals surface area contributed by atoms with Gasteiger partial charge in [0.05, 0.1) is 11.5 Å². The summed E-state index contributed by atoms with van der Waals surface area (Å²) in [4.78, 5) is 11.7. The Balaban J connectivity index is 1.66. The second kappa shape index (κ2) is 6.02. The molecule has 0 radical (unpaired) electrons. The molecule has 0 aromatic heterocycles. The minimum Gasteiger partial charge on any atom is -0.355 e. The number of hydrogen-bond donors (Lipinski definition) is 2. The van der Waals surface area contributed by atoms with Gasteiger partial charge in [-0.2, -0.15) is 0 Å². The number of sulfone groups is 1. The van der Waals surface area contributed by atoms with Crippen LogP contribution >= 0.6 is 0 Å². The topological polar surface area (TPSA) is 75.3 Å². The van der Waals surface area contributed by atoms with Crippen molar-refractivity contribution in [2.45, 2.75) is 38.1 Å². The molecule has 0 aliphatic carbocycles. The van der Waals surface area contributed by atoms with Crippen molar-refractivity contribution < 1.29 is 13.2 Å². The van der Waals surface area contributed by atoms with E-state index in [4.69, 9.17) is 0 Å². The van der Waals surface area contributed by atoms with Crippen molar-refractivity contribution in [3.8, 4) is 0 Å². The van der Waals surface area contributed by atoms with Crippen LogP contribution in [0.5, 0.6) is 0 Å². The number of carbonyl (C=O) groups is 1. The van der Waals surface area contributed by atoms with Gasteiger partial charge < -0.3 is 10.6 Å². The lowest BCUT2D eigenvalue weighted by atomic mass is 10.0. The molecule has 2 aliphatic heterocycles. The van der Waals surface area contributed by atoms with E-state index < -0.39 is 9.84 Å². The Hall–Kier alpha value is -0.620. The molecule has 0 spiro atoms. The number of hydrogen-bond acceptors (Lipinski definition) is 4. The third kappa shape index (κ3) is 4.24. The van der Waals surface area contributed by atoms with Gasteiger partial charge in [-0.1, -0.05) is 6.42 Å². The fourth-order valence-corrected chi connectivity index (χ4v) is 4.56. The SMILES string of the molecule is O=C(CC1CCS(=O)(=O)C1)NCC1CCCCN1. The quantitative estimate of drug-likeness (QED) is 0.761. The molecule has 104 valence electrons. The summed E-state index contributed by atoms with van der Waals surface area (Å²) in [5, 5.41) is 6.28. The Labute approximate surface area is 109 Å². The minimum absolute atomic E-state index is 0.00975. The van der Waals surface area contributed by atoms with Crippen LogP contribution in [-0.2, 0) is 14.6 Å². The van der Waals surface area contributed by atoms with Gasteiger partial charge in [-0.3, -0.25) is 4.79 Å². The van der Waals surface area contributed by atoms with E-state index in [-0.39, 0.29) is 23.3 Å². The number of piperidine rings is 1. The number of amides is 1. The highest BCUT2D eigenvalue weighted by atomic mass is 32.2. The molecule has 2 aliphatic rings. The lowest BCUT2D eigenvalue weighted by Crippen LogP contribution is -2.43. The molecule has 2 N–H and O–H groups in total. The van der Waals surface area contributed by atoms with Crippen molar-refractivity contribution in [3.63, 3.8) is 0 Å². The first-order chi connectivity index (χ1) is 8.55. The Morgan fingerprint density at radius 1 is 1.28 bits per heavy atom. The summed E-state index contributed by atoms with van der Waals surface area (Å²) in [5.41, 5.74) is 0. The molecule has 0 bridgehead atoms. The minimum atomic E-state index is -2.87. The highest BCUT2D eigenvalue weighted by Crippen LogP contribution is 2.21. The lowest BCUT2D eigenvalue weighted by Gasteiger charge is -2.23. The fraction of sp³-hybridized carbons (Fsp3) is 0.917. The monoisotopic (exact) mass is 274 g/mol. The highest BCUT2D eigenvalue weighted by Gasteiger charge is 2.29. The normalized spacial score (nSPS) is 31.1. The van der Waals surface area contributed by atoms with Crippen molar-refractivity contribution in [2.24, 2.45) is 5.92 Å². The molecule has 2 heterocycles. The maximum atomic E-state index is 11.7. The average Bonchev–Trinajstić information content (AvgIpc) is 2.67. The van der Waals surface area contributed by atoms with E-state index in [2.05, 4.69) is 10.6 Å². The summed E-state index contributed by atoms with van der Waals surface area (Å²) in [6.45, 7) is 1.69. The van der Waals surface area contributed by atoms with Gasteiger partial charge in [0.2, 0.25) is 5.91 Å². The van der Waals surface area contributed by atoms with Gasteiger partial charge in [0, 0.05) is 19.0 Å². The predicted molar refractivity (Wildman–Crippen MR) is 70.0 cm³/mol. The zero-order valence-corrected chi connectivity index (χ0v) is 11.5. The fourth-order valence-electron chi connectivity index (χ4n) is 2.70. The Kier molecular flexibility index (Phi) is 4.61. The number of rotatable bonds is 4. The van der Waals surface area contributed by atoms with E-state index in [1.807, 2.05) is 0 Å². The van der Waals surface area contributed by atoms with E-state index in [1.54, 1.807) is 0 Å². The zero-order valence-electron chi connectivity index (χ0n) is 10.7. The van der Waals surface area contributed by atoms with Gasteiger partial charge in [0.15, 0.2) is 9.84 Å². The van der Waals surface area contributed by atoms with Crippen LogP contribution in [0.4, 0.5) is 0 Å². The van der Waals surface area contributed by atoms with Gasteiger partial charge in [-0.15, -0.1) is 0 Å². The van der Waals surface area contributed by atoms with Crippen molar-refractivity contribution >= 4 is 15.7 Å². The Morgan fingerprint density at radius 3 is 2.72 bits per heavy atom. The molecule has 2 rings (SSSR count). The Morgan fingerprint density at radius 2 is 2.11 bits per heavy atom. The predicted octanol–water partition coefficient (Wildman–Crippen LogP) is 0.0695. The third-order valence-electron chi connectivity index (χ3n) is 3.76. The first-order valence-electron chi connectivity index (χ1n) is 6.76. The lowest BCUT2D eigenvalue weighted by molar-refractivity contribution is -0.121. The van der Waals surface area contributed by atoms with Crippen LogP contribution in [0.1, 0.15) is 32.1 Å². The van der Waals surface area contributed by atoms with Gasteiger partial charge >= 0.3 is 0 Å². The molecule has 2 saturated heterocycles. The maximum absolute atomic E-state index is 11.7. The van der Waals surface area contributed by atoms with Gasteiger partial charge in [0.1, 0.15) is 0 Å². The third-order valence-corrected chi connectivity index (χ3v) is 5.60. The van der Waals surface area contributed by atoms with Crippen molar-refractivity contribution in [2.75, 3.05) is 24.6 Å². The molecule has 5 nitrogen and oxygen atoms in total. The molecular weight excluding hydrogens is 252 g/mol. The number of nitrogens with one attached hydrogen (secondary N) is 2. The standard InChI is InChI=1S/C12H22N2O3S/c15-12(7-10-4-6-18(16,17)9-10)14-8-11-3-1-2-5-13-11/h10-11,13H,1-9H2,(H,14,15). The summed E-state index contributed by atoms with van der Waals surface area (Å²) >= 11 is 0. The van der Waals surface area contributed by atoms with Crippen molar-refractivity contribution in [3.05, 3.63) is 0 Å². The summed E-state index contributed by atoms with van der Waals surface area (Å²) < 4.78 is 22.6. The van der Waals surface area contributed by atoms with E-state index in [0.29, 0.717) is 25.4 Å². The molecule has 2 atom stereocenters. The summed E-state index contributed by atoms with van der Waals surface area (Å²) in [6.07, 6.45) is 4.53. The molecule has 0 aromatic rings. The molecule has 2 fully saturated rings. The van der Waals surface area contributed by atoms with E-state index in [9.17, 15) is 13.2 Å². The molecule has 1 amide bonds. The second-order valence-corrected chi connectivity index (χ2v) is 7.65. The molecule has 18 heavy (non-hydrogen) atoms.